The lowest BCUT2D eigenvalue weighted by molar-refractivity contribution is 0.153. The van der Waals surface area contributed by atoms with Gasteiger partial charge in [-0.15, -0.1) is 0 Å². The molecule has 0 saturated carbocycles. The van der Waals surface area contributed by atoms with Crippen LogP contribution in [0.2, 0.25) is 5.15 Å². The average Bonchev–Trinajstić information content (AvgIpc) is 2.28. The molecule has 5 nitrogen and oxygen atoms in total. The Morgan fingerprint density at radius 3 is 3.00 bits per heavy atom. The second kappa shape index (κ2) is 4.95. The number of halogens is 1. The number of piperidine rings is 1. The van der Waals surface area contributed by atoms with Gasteiger partial charge in [0.15, 0.2) is 0 Å². The Morgan fingerprint density at radius 2 is 2.31 bits per heavy atom. The van der Waals surface area contributed by atoms with Gasteiger partial charge in [0.2, 0.25) is 0 Å². The fourth-order valence-corrected chi connectivity index (χ4v) is 2.13. The minimum Gasteiger partial charge on any atom is -0.391 e. The molecule has 0 bridgehead atoms. The molecule has 0 radical (unpaired) electrons. The fourth-order valence-electron chi connectivity index (χ4n) is 1.94. The SMILES string of the molecule is OCc1c(Cl)ncnc1N1CCCC(O)C1. The Bertz CT molecular complexity index is 375. The first-order valence-electron chi connectivity index (χ1n) is 5.25. The second-order valence-electron chi connectivity index (χ2n) is 3.87. The molecule has 1 unspecified atom stereocenters. The Morgan fingerprint density at radius 1 is 1.50 bits per heavy atom. The van der Waals surface area contributed by atoms with Crippen molar-refractivity contribution in [3.8, 4) is 0 Å². The summed E-state index contributed by atoms with van der Waals surface area (Å²) < 4.78 is 0. The molecule has 0 amide bonds. The third-order valence-electron chi connectivity index (χ3n) is 2.72. The van der Waals surface area contributed by atoms with E-state index in [4.69, 9.17) is 11.6 Å². The zero-order valence-electron chi connectivity index (χ0n) is 8.80. The lowest BCUT2D eigenvalue weighted by Crippen LogP contribution is -2.39. The van der Waals surface area contributed by atoms with Crippen LogP contribution in [0.25, 0.3) is 0 Å². The summed E-state index contributed by atoms with van der Waals surface area (Å²) in [4.78, 5) is 9.90. The maximum Gasteiger partial charge on any atom is 0.140 e. The molecule has 6 heteroatoms. The summed E-state index contributed by atoms with van der Waals surface area (Å²) in [6.07, 6.45) is 2.75. The van der Waals surface area contributed by atoms with Crippen LogP contribution >= 0.6 is 11.6 Å². The average molecular weight is 244 g/mol. The number of aromatic nitrogens is 2. The van der Waals surface area contributed by atoms with Gasteiger partial charge in [-0.1, -0.05) is 11.6 Å². The standard InChI is InChI=1S/C10H14ClN3O2/c11-9-8(5-15)10(13-6-12-9)14-3-1-2-7(16)4-14/h6-7,15-16H,1-5H2. The molecular formula is C10H14ClN3O2. The van der Waals surface area contributed by atoms with Crippen molar-refractivity contribution < 1.29 is 10.2 Å². The Kier molecular flexibility index (Phi) is 3.58. The number of aliphatic hydroxyl groups excluding tert-OH is 2. The molecule has 1 aliphatic heterocycles. The number of β-amino-alcohol motifs (C(OH)–C–C–N with tert-alkyl or cyclic N) is 1. The Balaban J connectivity index is 2.28. The predicted molar refractivity (Wildman–Crippen MR) is 60.4 cm³/mol. The van der Waals surface area contributed by atoms with Crippen molar-refractivity contribution in [1.29, 1.82) is 0 Å². The maximum absolute atomic E-state index is 9.59. The van der Waals surface area contributed by atoms with Gasteiger partial charge in [0, 0.05) is 13.1 Å². The highest BCUT2D eigenvalue weighted by Crippen LogP contribution is 2.25. The van der Waals surface area contributed by atoms with E-state index in [0.29, 0.717) is 17.9 Å². The summed E-state index contributed by atoms with van der Waals surface area (Å²) in [6.45, 7) is 1.15. The van der Waals surface area contributed by atoms with Gasteiger partial charge in [0.05, 0.1) is 18.3 Å². The van der Waals surface area contributed by atoms with Crippen LogP contribution in [0.5, 0.6) is 0 Å². The summed E-state index contributed by atoms with van der Waals surface area (Å²) in [7, 11) is 0. The highest BCUT2D eigenvalue weighted by atomic mass is 35.5. The molecule has 2 heterocycles. The van der Waals surface area contributed by atoms with Crippen molar-refractivity contribution in [2.45, 2.75) is 25.6 Å². The molecule has 88 valence electrons. The molecule has 1 saturated heterocycles. The third kappa shape index (κ3) is 2.26. The third-order valence-corrected chi connectivity index (χ3v) is 3.05. The van der Waals surface area contributed by atoms with Crippen molar-refractivity contribution >= 4 is 17.4 Å². The lowest BCUT2D eigenvalue weighted by Gasteiger charge is -2.32. The summed E-state index contributed by atoms with van der Waals surface area (Å²) in [5.74, 6) is 0.626. The minimum absolute atomic E-state index is 0.193. The van der Waals surface area contributed by atoms with E-state index < -0.39 is 0 Å². The first-order valence-corrected chi connectivity index (χ1v) is 5.63. The van der Waals surface area contributed by atoms with E-state index in [1.165, 1.54) is 6.33 Å². The largest absolute Gasteiger partial charge is 0.391 e. The number of hydrogen-bond donors (Lipinski definition) is 2. The summed E-state index contributed by atoms with van der Waals surface area (Å²) in [5.41, 5.74) is 0.526. The predicted octanol–water partition coefficient (Wildman–Crippen LogP) is 0.583. The highest BCUT2D eigenvalue weighted by Gasteiger charge is 2.22. The van der Waals surface area contributed by atoms with Gasteiger partial charge in [-0.3, -0.25) is 0 Å². The van der Waals surface area contributed by atoms with Crippen molar-refractivity contribution in [1.82, 2.24) is 9.97 Å². The topological polar surface area (TPSA) is 69.5 Å². The summed E-state index contributed by atoms with van der Waals surface area (Å²) in [6, 6.07) is 0. The quantitative estimate of drug-likeness (QED) is 0.744. The van der Waals surface area contributed by atoms with Crippen LogP contribution in [0.3, 0.4) is 0 Å². The van der Waals surface area contributed by atoms with E-state index in [1.807, 2.05) is 4.90 Å². The van der Waals surface area contributed by atoms with Gasteiger partial charge in [0.25, 0.3) is 0 Å². The normalized spacial score (nSPS) is 21.2. The molecule has 0 aromatic carbocycles. The Hall–Kier alpha value is -0.910. The van der Waals surface area contributed by atoms with Gasteiger partial charge in [-0.2, -0.15) is 0 Å². The number of anilines is 1. The number of hydrogen-bond acceptors (Lipinski definition) is 5. The Labute approximate surface area is 98.7 Å². The van der Waals surface area contributed by atoms with E-state index in [-0.39, 0.29) is 17.9 Å². The van der Waals surface area contributed by atoms with E-state index in [1.54, 1.807) is 0 Å². The van der Waals surface area contributed by atoms with E-state index >= 15 is 0 Å². The van der Waals surface area contributed by atoms with Gasteiger partial charge in [0.1, 0.15) is 17.3 Å². The maximum atomic E-state index is 9.59. The lowest BCUT2D eigenvalue weighted by atomic mass is 10.1. The van der Waals surface area contributed by atoms with Crippen LogP contribution in [0, 0.1) is 0 Å². The van der Waals surface area contributed by atoms with Crippen molar-refractivity contribution in [3.05, 3.63) is 17.0 Å². The molecule has 2 N–H and O–H groups in total. The van der Waals surface area contributed by atoms with Gasteiger partial charge >= 0.3 is 0 Å². The van der Waals surface area contributed by atoms with Crippen molar-refractivity contribution in [3.63, 3.8) is 0 Å². The van der Waals surface area contributed by atoms with Crippen molar-refractivity contribution in [2.24, 2.45) is 0 Å². The highest BCUT2D eigenvalue weighted by molar-refractivity contribution is 6.30. The van der Waals surface area contributed by atoms with E-state index in [2.05, 4.69) is 9.97 Å². The van der Waals surface area contributed by atoms with Crippen LogP contribution in [-0.2, 0) is 6.61 Å². The molecule has 1 aromatic heterocycles. The zero-order valence-corrected chi connectivity index (χ0v) is 9.56. The van der Waals surface area contributed by atoms with Crippen LogP contribution in [-0.4, -0.2) is 39.4 Å². The molecule has 1 fully saturated rings. The molecule has 1 aromatic rings. The van der Waals surface area contributed by atoms with Gasteiger partial charge in [-0.05, 0) is 12.8 Å². The van der Waals surface area contributed by atoms with E-state index in [0.717, 1.165) is 19.4 Å². The van der Waals surface area contributed by atoms with Crippen LogP contribution < -0.4 is 4.90 Å². The monoisotopic (exact) mass is 243 g/mol. The molecule has 1 atom stereocenters. The number of nitrogens with zero attached hydrogens (tertiary/aromatic N) is 3. The van der Waals surface area contributed by atoms with Crippen LogP contribution in [0.4, 0.5) is 5.82 Å². The van der Waals surface area contributed by atoms with Crippen LogP contribution in [0.1, 0.15) is 18.4 Å². The van der Waals surface area contributed by atoms with Crippen molar-refractivity contribution in [2.75, 3.05) is 18.0 Å². The van der Waals surface area contributed by atoms with Gasteiger partial charge in [-0.25, -0.2) is 9.97 Å². The molecular weight excluding hydrogens is 230 g/mol. The molecule has 0 spiro atoms. The molecule has 1 aliphatic rings. The van der Waals surface area contributed by atoms with Crippen LogP contribution in [0.15, 0.2) is 6.33 Å². The minimum atomic E-state index is -0.339. The summed E-state index contributed by atoms with van der Waals surface area (Å²) in [5, 5.41) is 19.1. The van der Waals surface area contributed by atoms with Gasteiger partial charge < -0.3 is 15.1 Å². The zero-order chi connectivity index (χ0) is 11.5. The fraction of sp³-hybridized carbons (Fsp3) is 0.600. The molecule has 2 rings (SSSR count). The molecule has 0 aliphatic carbocycles. The first-order chi connectivity index (χ1) is 7.72. The number of aliphatic hydroxyl groups is 2. The smallest absolute Gasteiger partial charge is 0.140 e. The second-order valence-corrected chi connectivity index (χ2v) is 4.22. The van der Waals surface area contributed by atoms with E-state index in [9.17, 15) is 10.2 Å². The number of rotatable bonds is 2. The summed E-state index contributed by atoms with van der Waals surface area (Å²) >= 11 is 5.88. The first kappa shape index (κ1) is 11.6. The molecule has 16 heavy (non-hydrogen) atoms.